The number of hydrogen-bond acceptors (Lipinski definition) is 1. The summed E-state index contributed by atoms with van der Waals surface area (Å²) in [6, 6.07) is 9.97. The van der Waals surface area contributed by atoms with Crippen molar-refractivity contribution in [1.82, 2.24) is 0 Å². The summed E-state index contributed by atoms with van der Waals surface area (Å²) in [7, 11) is 0. The Morgan fingerprint density at radius 3 is 1.92 bits per heavy atom. The smallest absolute Gasteiger partial charge is 0.236 e. The number of halogens is 3. The highest BCUT2D eigenvalue weighted by Crippen LogP contribution is 2.05. The first-order valence-electron chi connectivity index (χ1n) is 3.11. The van der Waals surface area contributed by atoms with Gasteiger partial charge in [0.1, 0.15) is 0 Å². The molecule has 0 saturated heterocycles. The minimum Gasteiger partial charge on any atom is -0.280 e. The predicted octanol–water partition coefficient (Wildman–Crippen LogP) is 3.44. The van der Waals surface area contributed by atoms with Gasteiger partial charge in [0, 0.05) is 4.47 Å². The van der Waals surface area contributed by atoms with E-state index in [-0.39, 0.29) is 5.88 Å². The zero-order valence-electron chi connectivity index (χ0n) is 6.14. The Morgan fingerprint density at radius 2 is 1.75 bits per heavy atom. The molecule has 0 radical (unpaired) electrons. The summed E-state index contributed by atoms with van der Waals surface area (Å²) < 4.78 is 1.13. The molecule has 0 spiro atoms. The van der Waals surface area contributed by atoms with E-state index in [0.717, 1.165) is 4.47 Å². The van der Waals surface area contributed by atoms with Crippen LogP contribution in [0.1, 0.15) is 0 Å². The highest BCUT2D eigenvalue weighted by Gasteiger charge is 1.83. The number of alkyl halides is 1. The van der Waals surface area contributed by atoms with E-state index in [4.69, 9.17) is 23.2 Å². The van der Waals surface area contributed by atoms with Gasteiger partial charge in [0.25, 0.3) is 0 Å². The number of carbonyl (C=O) groups is 1. The van der Waals surface area contributed by atoms with Crippen LogP contribution in [0.2, 0.25) is 0 Å². The van der Waals surface area contributed by atoms with Gasteiger partial charge in [-0.1, -0.05) is 34.1 Å². The lowest BCUT2D eigenvalue weighted by Gasteiger charge is -1.80. The minimum absolute atomic E-state index is 0.0957. The molecule has 1 rings (SSSR count). The Kier molecular flexibility index (Phi) is 7.56. The molecule has 12 heavy (non-hydrogen) atoms. The van der Waals surface area contributed by atoms with E-state index in [1.807, 2.05) is 30.3 Å². The van der Waals surface area contributed by atoms with Crippen molar-refractivity contribution in [2.45, 2.75) is 0 Å². The Morgan fingerprint density at radius 1 is 1.33 bits per heavy atom. The number of rotatable bonds is 1. The summed E-state index contributed by atoms with van der Waals surface area (Å²) >= 11 is 12.9. The number of hydrogen-bond donors (Lipinski definition) is 0. The van der Waals surface area contributed by atoms with Crippen LogP contribution in [0.25, 0.3) is 0 Å². The van der Waals surface area contributed by atoms with Crippen LogP contribution in [0.3, 0.4) is 0 Å². The van der Waals surface area contributed by atoms with E-state index in [0.29, 0.717) is 0 Å². The monoisotopic (exact) mass is 268 g/mol. The van der Waals surface area contributed by atoms with Gasteiger partial charge in [-0.05, 0) is 23.7 Å². The summed E-state index contributed by atoms with van der Waals surface area (Å²) in [5.41, 5.74) is 0. The first kappa shape index (κ1) is 11.9. The third kappa shape index (κ3) is 8.05. The van der Waals surface area contributed by atoms with Crippen molar-refractivity contribution >= 4 is 44.4 Å². The highest BCUT2D eigenvalue weighted by molar-refractivity contribution is 9.10. The SMILES string of the molecule is Brc1ccccc1.O=C(Cl)CCl. The quantitative estimate of drug-likeness (QED) is 0.564. The van der Waals surface area contributed by atoms with Gasteiger partial charge in [0.2, 0.25) is 5.24 Å². The summed E-state index contributed by atoms with van der Waals surface area (Å²) in [5, 5.41) is -0.508. The number of carbonyl (C=O) groups excluding carboxylic acids is 1. The summed E-state index contributed by atoms with van der Waals surface area (Å²) in [6.45, 7) is 0. The Balaban J connectivity index is 0.000000217. The molecule has 0 saturated carbocycles. The van der Waals surface area contributed by atoms with Crippen molar-refractivity contribution in [1.29, 1.82) is 0 Å². The van der Waals surface area contributed by atoms with Crippen LogP contribution < -0.4 is 0 Å². The fourth-order valence-corrected chi connectivity index (χ4v) is 0.720. The molecule has 1 aromatic carbocycles. The lowest BCUT2D eigenvalue weighted by Crippen LogP contribution is -1.81. The first-order chi connectivity index (χ1) is 5.66. The molecule has 66 valence electrons. The van der Waals surface area contributed by atoms with Gasteiger partial charge in [0.05, 0.1) is 5.88 Å². The van der Waals surface area contributed by atoms with Crippen LogP contribution >= 0.6 is 39.1 Å². The fourth-order valence-electron chi connectivity index (χ4n) is 0.415. The van der Waals surface area contributed by atoms with Gasteiger partial charge in [-0.25, -0.2) is 0 Å². The summed E-state index contributed by atoms with van der Waals surface area (Å²) in [4.78, 5) is 9.45. The average molecular weight is 270 g/mol. The predicted molar refractivity (Wildman–Crippen MR) is 55.7 cm³/mol. The van der Waals surface area contributed by atoms with E-state index < -0.39 is 5.24 Å². The summed E-state index contributed by atoms with van der Waals surface area (Å²) in [5.74, 6) is -0.0957. The molecule has 0 unspecified atom stereocenters. The Hall–Kier alpha value is -0.0500. The average Bonchev–Trinajstić information content (AvgIpc) is 2.07. The molecular formula is C8H7BrCl2O. The largest absolute Gasteiger partial charge is 0.280 e. The van der Waals surface area contributed by atoms with Crippen LogP contribution in [-0.4, -0.2) is 11.1 Å². The molecule has 0 amide bonds. The molecule has 0 fully saturated rings. The Labute approximate surface area is 89.8 Å². The summed E-state index contributed by atoms with van der Waals surface area (Å²) in [6.07, 6.45) is 0. The van der Waals surface area contributed by atoms with Crippen LogP contribution in [-0.2, 0) is 4.79 Å². The molecule has 0 heterocycles. The molecule has 0 N–H and O–H groups in total. The minimum atomic E-state index is -0.508. The normalized spacial score (nSPS) is 8.25. The van der Waals surface area contributed by atoms with Gasteiger partial charge in [-0.3, -0.25) is 4.79 Å². The lowest BCUT2D eigenvalue weighted by atomic mass is 10.4. The maximum absolute atomic E-state index is 9.45. The van der Waals surface area contributed by atoms with Gasteiger partial charge >= 0.3 is 0 Å². The van der Waals surface area contributed by atoms with E-state index >= 15 is 0 Å². The van der Waals surface area contributed by atoms with Crippen molar-refractivity contribution in [3.05, 3.63) is 34.8 Å². The molecule has 0 aliphatic carbocycles. The van der Waals surface area contributed by atoms with Crippen LogP contribution in [0.5, 0.6) is 0 Å². The molecule has 0 aliphatic rings. The van der Waals surface area contributed by atoms with Crippen molar-refractivity contribution in [2.75, 3.05) is 5.88 Å². The third-order valence-electron chi connectivity index (χ3n) is 0.838. The van der Waals surface area contributed by atoms with E-state index in [1.54, 1.807) is 0 Å². The highest BCUT2D eigenvalue weighted by atomic mass is 79.9. The molecule has 4 heteroatoms. The molecule has 1 nitrogen and oxygen atoms in total. The fraction of sp³-hybridized carbons (Fsp3) is 0.125. The van der Waals surface area contributed by atoms with Crippen molar-refractivity contribution in [3.8, 4) is 0 Å². The van der Waals surface area contributed by atoms with Crippen LogP contribution in [0, 0.1) is 0 Å². The molecule has 1 aromatic rings. The standard InChI is InChI=1S/C6H5Br.C2H2Cl2O/c7-6-4-2-1-3-5-6;3-1-2(4)5/h1-5H;1H2. The molecule has 0 atom stereocenters. The second kappa shape index (κ2) is 7.59. The zero-order chi connectivity index (χ0) is 9.40. The van der Waals surface area contributed by atoms with Crippen molar-refractivity contribution in [2.24, 2.45) is 0 Å². The second-order valence-electron chi connectivity index (χ2n) is 1.78. The van der Waals surface area contributed by atoms with Gasteiger partial charge in [-0.15, -0.1) is 11.6 Å². The lowest BCUT2D eigenvalue weighted by molar-refractivity contribution is -0.109. The second-order valence-corrected chi connectivity index (χ2v) is 3.39. The number of benzene rings is 1. The molecule has 0 bridgehead atoms. The van der Waals surface area contributed by atoms with Crippen molar-refractivity contribution < 1.29 is 4.79 Å². The molecule has 0 aliphatic heterocycles. The zero-order valence-corrected chi connectivity index (χ0v) is 9.23. The van der Waals surface area contributed by atoms with Crippen LogP contribution in [0.15, 0.2) is 34.8 Å². The van der Waals surface area contributed by atoms with Crippen molar-refractivity contribution in [3.63, 3.8) is 0 Å². The van der Waals surface area contributed by atoms with E-state index in [9.17, 15) is 4.79 Å². The third-order valence-corrected chi connectivity index (χ3v) is 1.88. The molecule has 0 aromatic heterocycles. The maximum Gasteiger partial charge on any atom is 0.236 e. The van der Waals surface area contributed by atoms with Gasteiger partial charge < -0.3 is 0 Å². The Bertz CT molecular complexity index is 226. The van der Waals surface area contributed by atoms with Gasteiger partial charge in [-0.2, -0.15) is 0 Å². The van der Waals surface area contributed by atoms with E-state index in [1.165, 1.54) is 0 Å². The van der Waals surface area contributed by atoms with E-state index in [2.05, 4.69) is 15.9 Å². The van der Waals surface area contributed by atoms with Crippen LogP contribution in [0.4, 0.5) is 0 Å². The topological polar surface area (TPSA) is 17.1 Å². The molecular weight excluding hydrogens is 263 g/mol. The maximum atomic E-state index is 9.45. The van der Waals surface area contributed by atoms with Gasteiger partial charge in [0.15, 0.2) is 0 Å². The first-order valence-corrected chi connectivity index (χ1v) is 4.82.